The number of hydrogen-bond donors (Lipinski definition) is 1. The van der Waals surface area contributed by atoms with E-state index in [0.29, 0.717) is 38.4 Å². The van der Waals surface area contributed by atoms with Crippen molar-refractivity contribution >= 4 is 23.4 Å². The van der Waals surface area contributed by atoms with Crippen LogP contribution >= 0.6 is 0 Å². The van der Waals surface area contributed by atoms with Gasteiger partial charge >= 0.3 is 0 Å². The third kappa shape index (κ3) is 5.57. The van der Waals surface area contributed by atoms with Gasteiger partial charge in [-0.15, -0.1) is 0 Å². The molecule has 0 bridgehead atoms. The Morgan fingerprint density at radius 1 is 1.03 bits per heavy atom. The molecule has 0 unspecified atom stereocenters. The summed E-state index contributed by atoms with van der Waals surface area (Å²) in [5.74, 6) is -0.817. The number of rotatable bonds is 6. The number of amides is 3. The van der Waals surface area contributed by atoms with Crippen molar-refractivity contribution in [1.29, 1.82) is 0 Å². The number of nitrogens with one attached hydrogen (secondary N) is 1. The molecular formula is C25H29FN4O3. The van der Waals surface area contributed by atoms with Crippen LogP contribution in [0.15, 0.2) is 54.6 Å². The van der Waals surface area contributed by atoms with Gasteiger partial charge in [0.2, 0.25) is 17.7 Å². The monoisotopic (exact) mass is 452 g/mol. The molecule has 2 aliphatic heterocycles. The topological polar surface area (TPSA) is 73.0 Å². The number of benzene rings is 2. The summed E-state index contributed by atoms with van der Waals surface area (Å²) in [5, 5.41) is 2.76. The molecule has 2 fully saturated rings. The zero-order valence-electron chi connectivity index (χ0n) is 18.7. The van der Waals surface area contributed by atoms with Crippen molar-refractivity contribution in [2.45, 2.75) is 19.4 Å². The first-order valence-electron chi connectivity index (χ1n) is 11.3. The lowest BCUT2D eigenvalue weighted by Crippen LogP contribution is -2.52. The zero-order valence-corrected chi connectivity index (χ0v) is 18.7. The molecule has 0 radical (unpaired) electrons. The van der Waals surface area contributed by atoms with Gasteiger partial charge < -0.3 is 15.1 Å². The molecule has 0 spiro atoms. The second-order valence-corrected chi connectivity index (χ2v) is 8.69. The number of carbonyl (C=O) groups is 3. The summed E-state index contributed by atoms with van der Waals surface area (Å²) in [4.78, 5) is 43.6. The van der Waals surface area contributed by atoms with Crippen molar-refractivity contribution in [1.82, 2.24) is 14.7 Å². The summed E-state index contributed by atoms with van der Waals surface area (Å²) in [5.41, 5.74) is 1.61. The summed E-state index contributed by atoms with van der Waals surface area (Å²) in [6.07, 6.45) is 0.246. The van der Waals surface area contributed by atoms with Gasteiger partial charge in [-0.05, 0) is 36.8 Å². The van der Waals surface area contributed by atoms with E-state index in [9.17, 15) is 18.8 Å². The normalized spacial score (nSPS) is 20.1. The van der Waals surface area contributed by atoms with Crippen molar-refractivity contribution in [3.05, 3.63) is 66.0 Å². The van der Waals surface area contributed by atoms with E-state index >= 15 is 0 Å². The molecule has 3 amide bonds. The van der Waals surface area contributed by atoms with E-state index in [0.717, 1.165) is 5.56 Å². The first-order chi connectivity index (χ1) is 15.9. The fourth-order valence-electron chi connectivity index (χ4n) is 4.50. The zero-order chi connectivity index (χ0) is 23.4. The number of piperazine rings is 1. The lowest BCUT2D eigenvalue weighted by molar-refractivity contribution is -0.137. The van der Waals surface area contributed by atoms with Crippen LogP contribution in [0.4, 0.5) is 10.1 Å². The first-order valence-corrected chi connectivity index (χ1v) is 11.3. The van der Waals surface area contributed by atoms with E-state index in [1.165, 1.54) is 24.3 Å². The number of likely N-dealkylation sites (tertiary alicyclic amines) is 1. The van der Waals surface area contributed by atoms with E-state index in [4.69, 9.17) is 0 Å². The molecule has 2 aromatic carbocycles. The van der Waals surface area contributed by atoms with Gasteiger partial charge in [0.05, 0.1) is 18.5 Å². The van der Waals surface area contributed by atoms with Gasteiger partial charge in [0.1, 0.15) is 5.82 Å². The smallest absolute Gasteiger partial charge is 0.238 e. The van der Waals surface area contributed by atoms with Gasteiger partial charge in [-0.3, -0.25) is 19.3 Å². The Morgan fingerprint density at radius 2 is 1.70 bits per heavy atom. The highest BCUT2D eigenvalue weighted by molar-refractivity contribution is 5.92. The van der Waals surface area contributed by atoms with Crippen molar-refractivity contribution in [2.24, 2.45) is 5.92 Å². The summed E-state index contributed by atoms with van der Waals surface area (Å²) in [6.45, 7) is 4.89. The highest BCUT2D eigenvalue weighted by atomic mass is 19.1. The molecule has 0 aliphatic carbocycles. The van der Waals surface area contributed by atoms with E-state index < -0.39 is 0 Å². The minimum absolute atomic E-state index is 0.0146. The van der Waals surface area contributed by atoms with Gasteiger partial charge in [-0.25, -0.2) is 4.39 Å². The van der Waals surface area contributed by atoms with Crippen LogP contribution in [0.1, 0.15) is 24.9 Å². The van der Waals surface area contributed by atoms with E-state index in [1.54, 1.807) is 4.90 Å². The Kier molecular flexibility index (Phi) is 7.03. The van der Waals surface area contributed by atoms with Crippen LogP contribution in [-0.2, 0) is 14.4 Å². The van der Waals surface area contributed by atoms with Crippen molar-refractivity contribution in [3.63, 3.8) is 0 Å². The molecule has 2 heterocycles. The summed E-state index contributed by atoms with van der Waals surface area (Å²) in [6, 6.07) is 15.4. The molecule has 0 aromatic heterocycles. The highest BCUT2D eigenvalue weighted by Gasteiger charge is 2.39. The third-order valence-electron chi connectivity index (χ3n) is 6.44. The van der Waals surface area contributed by atoms with Gasteiger partial charge in [0.15, 0.2) is 0 Å². The van der Waals surface area contributed by atoms with Crippen LogP contribution in [0, 0.1) is 11.7 Å². The van der Waals surface area contributed by atoms with E-state index in [1.807, 2.05) is 47.1 Å². The molecular weight excluding hydrogens is 423 g/mol. The standard InChI is InChI=1S/C25H29FN4O3/c1-18(19-5-3-2-4-6-19)30-16-20(15-24(30)32)25(33)29-13-11-28(12-14-29)17-23(31)27-22-9-7-21(26)8-10-22/h2-10,18,20H,11-17H2,1H3,(H,27,31)/t18-,20-/m1/s1. The average molecular weight is 453 g/mol. The summed E-state index contributed by atoms with van der Waals surface area (Å²) >= 11 is 0. The lowest BCUT2D eigenvalue weighted by atomic mass is 10.1. The molecule has 2 atom stereocenters. The molecule has 33 heavy (non-hydrogen) atoms. The molecule has 7 nitrogen and oxygen atoms in total. The molecule has 8 heteroatoms. The second-order valence-electron chi connectivity index (χ2n) is 8.69. The minimum atomic E-state index is -0.351. The van der Waals surface area contributed by atoms with Crippen LogP contribution in [0.5, 0.6) is 0 Å². The average Bonchev–Trinajstić information content (AvgIpc) is 3.22. The molecule has 0 saturated carbocycles. The summed E-state index contributed by atoms with van der Waals surface area (Å²) in [7, 11) is 0. The van der Waals surface area contributed by atoms with Crippen LogP contribution in [0.2, 0.25) is 0 Å². The molecule has 2 saturated heterocycles. The fraction of sp³-hybridized carbons (Fsp3) is 0.400. The second kappa shape index (κ2) is 10.1. The number of carbonyl (C=O) groups excluding carboxylic acids is 3. The number of hydrogen-bond acceptors (Lipinski definition) is 4. The summed E-state index contributed by atoms with van der Waals surface area (Å²) < 4.78 is 13.0. The molecule has 174 valence electrons. The first kappa shape index (κ1) is 22.9. The minimum Gasteiger partial charge on any atom is -0.340 e. The number of anilines is 1. The Morgan fingerprint density at radius 3 is 2.36 bits per heavy atom. The predicted octanol–water partition coefficient (Wildman–Crippen LogP) is 2.52. The Labute approximate surface area is 193 Å². The van der Waals surface area contributed by atoms with E-state index in [-0.39, 0.29) is 48.5 Å². The Hall–Kier alpha value is -3.26. The van der Waals surface area contributed by atoms with Crippen LogP contribution < -0.4 is 5.32 Å². The predicted molar refractivity (Wildman–Crippen MR) is 123 cm³/mol. The number of halogens is 1. The third-order valence-corrected chi connectivity index (χ3v) is 6.44. The Balaban J connectivity index is 1.25. The quantitative estimate of drug-likeness (QED) is 0.731. The molecule has 2 aliphatic rings. The molecule has 2 aromatic rings. The number of nitrogens with zero attached hydrogens (tertiary/aromatic N) is 3. The van der Waals surface area contributed by atoms with E-state index in [2.05, 4.69) is 5.32 Å². The highest BCUT2D eigenvalue weighted by Crippen LogP contribution is 2.29. The van der Waals surface area contributed by atoms with Gasteiger partial charge in [-0.2, -0.15) is 0 Å². The van der Waals surface area contributed by atoms with Crippen LogP contribution in [0.3, 0.4) is 0 Å². The Bertz CT molecular complexity index is 990. The molecule has 1 N–H and O–H groups in total. The van der Waals surface area contributed by atoms with Gasteiger partial charge in [0.25, 0.3) is 0 Å². The lowest BCUT2D eigenvalue weighted by Gasteiger charge is -2.35. The van der Waals surface area contributed by atoms with Crippen molar-refractivity contribution < 1.29 is 18.8 Å². The molecule has 4 rings (SSSR count). The fourth-order valence-corrected chi connectivity index (χ4v) is 4.50. The SMILES string of the molecule is C[C@H](c1ccccc1)N1C[C@H](C(=O)N2CCN(CC(=O)Nc3ccc(F)cc3)CC2)CC1=O. The van der Waals surface area contributed by atoms with Gasteiger partial charge in [0, 0.05) is 44.8 Å². The maximum Gasteiger partial charge on any atom is 0.238 e. The van der Waals surface area contributed by atoms with Gasteiger partial charge in [-0.1, -0.05) is 30.3 Å². The van der Waals surface area contributed by atoms with Crippen LogP contribution in [-0.4, -0.2) is 71.7 Å². The maximum absolute atomic E-state index is 13.1. The van der Waals surface area contributed by atoms with Crippen molar-refractivity contribution in [2.75, 3.05) is 44.6 Å². The van der Waals surface area contributed by atoms with Crippen LogP contribution in [0.25, 0.3) is 0 Å². The van der Waals surface area contributed by atoms with Crippen molar-refractivity contribution in [3.8, 4) is 0 Å². The largest absolute Gasteiger partial charge is 0.340 e. The maximum atomic E-state index is 13.1.